The van der Waals surface area contributed by atoms with E-state index in [9.17, 15) is 9.59 Å². The summed E-state index contributed by atoms with van der Waals surface area (Å²) in [4.78, 5) is 23.2. The minimum atomic E-state index is -0.123. The molecule has 0 radical (unpaired) electrons. The van der Waals surface area contributed by atoms with E-state index in [-0.39, 0.29) is 18.4 Å². The van der Waals surface area contributed by atoms with Crippen molar-refractivity contribution in [2.45, 2.75) is 6.92 Å². The molecule has 5 heteroatoms. The molecule has 25 heavy (non-hydrogen) atoms. The van der Waals surface area contributed by atoms with Gasteiger partial charge in [-0.15, -0.1) is 0 Å². The Morgan fingerprint density at radius 1 is 0.800 bits per heavy atom. The van der Waals surface area contributed by atoms with E-state index in [2.05, 4.69) is 16.0 Å². The summed E-state index contributed by atoms with van der Waals surface area (Å²) in [6.45, 7) is 1.62. The lowest BCUT2D eigenvalue weighted by Gasteiger charge is -2.10. The molecule has 0 saturated carbocycles. The highest BCUT2D eigenvalue weighted by Gasteiger charge is 2.05. The Labute approximate surface area is 146 Å². The average molecular weight is 333 g/mol. The summed E-state index contributed by atoms with van der Waals surface area (Å²) >= 11 is 0. The van der Waals surface area contributed by atoms with Crippen LogP contribution < -0.4 is 16.0 Å². The summed E-state index contributed by atoms with van der Waals surface area (Å²) in [7, 11) is 0. The van der Waals surface area contributed by atoms with Crippen molar-refractivity contribution in [1.82, 2.24) is 0 Å². The van der Waals surface area contributed by atoms with Crippen molar-refractivity contribution in [2.24, 2.45) is 0 Å². The van der Waals surface area contributed by atoms with E-state index in [1.54, 1.807) is 12.1 Å². The summed E-state index contributed by atoms with van der Waals surface area (Å²) in [5, 5.41) is 10.8. The van der Waals surface area contributed by atoms with Crippen LogP contribution in [0.5, 0.6) is 0 Å². The molecule has 0 fully saturated rings. The fourth-order valence-corrected chi connectivity index (χ4v) is 2.59. The lowest BCUT2D eigenvalue weighted by molar-refractivity contribution is -0.115. The minimum Gasteiger partial charge on any atom is -0.376 e. The lowest BCUT2D eigenvalue weighted by atomic mass is 10.1. The molecule has 0 saturated heterocycles. The van der Waals surface area contributed by atoms with Gasteiger partial charge in [0.15, 0.2) is 0 Å². The van der Waals surface area contributed by atoms with Gasteiger partial charge in [0, 0.05) is 29.4 Å². The fourth-order valence-electron chi connectivity index (χ4n) is 2.59. The molecule has 5 nitrogen and oxygen atoms in total. The van der Waals surface area contributed by atoms with Gasteiger partial charge >= 0.3 is 0 Å². The van der Waals surface area contributed by atoms with Gasteiger partial charge < -0.3 is 16.0 Å². The number of hydrogen-bond acceptors (Lipinski definition) is 3. The molecule has 3 rings (SSSR count). The number of carbonyl (C=O) groups is 2. The third-order valence-electron chi connectivity index (χ3n) is 3.72. The molecule has 0 bridgehead atoms. The molecule has 3 N–H and O–H groups in total. The molecule has 3 aromatic carbocycles. The zero-order chi connectivity index (χ0) is 17.6. The first kappa shape index (κ1) is 16.5. The van der Waals surface area contributed by atoms with Gasteiger partial charge in [0.1, 0.15) is 0 Å². The Kier molecular flexibility index (Phi) is 4.95. The number of rotatable bonds is 5. The first-order chi connectivity index (χ1) is 12.1. The topological polar surface area (TPSA) is 70.2 Å². The van der Waals surface area contributed by atoms with Crippen molar-refractivity contribution in [3.63, 3.8) is 0 Å². The number of benzene rings is 3. The number of amides is 2. The second kappa shape index (κ2) is 7.49. The molecule has 0 aliphatic heterocycles. The molecule has 0 aromatic heterocycles. The van der Waals surface area contributed by atoms with Crippen molar-refractivity contribution in [2.75, 3.05) is 22.5 Å². The molecule has 2 amide bonds. The summed E-state index contributed by atoms with van der Waals surface area (Å²) < 4.78 is 0. The van der Waals surface area contributed by atoms with Gasteiger partial charge in [-0.1, -0.05) is 36.4 Å². The average Bonchev–Trinajstić information content (AvgIpc) is 2.61. The maximum atomic E-state index is 12.2. The predicted octanol–water partition coefficient (Wildman–Crippen LogP) is 3.85. The molecule has 0 heterocycles. The Morgan fingerprint density at radius 2 is 1.48 bits per heavy atom. The van der Waals surface area contributed by atoms with Gasteiger partial charge in [0.2, 0.25) is 11.8 Å². The number of carbonyl (C=O) groups excluding carboxylic acids is 2. The summed E-state index contributed by atoms with van der Waals surface area (Å²) in [5.41, 5.74) is 2.33. The quantitative estimate of drug-likeness (QED) is 0.664. The van der Waals surface area contributed by atoms with Gasteiger partial charge in [0.05, 0.1) is 6.54 Å². The van der Waals surface area contributed by atoms with Crippen molar-refractivity contribution in [3.8, 4) is 0 Å². The van der Waals surface area contributed by atoms with E-state index in [1.807, 2.05) is 54.6 Å². The van der Waals surface area contributed by atoms with E-state index in [0.717, 1.165) is 27.8 Å². The van der Waals surface area contributed by atoms with Crippen LogP contribution in [0.25, 0.3) is 10.8 Å². The van der Waals surface area contributed by atoms with Gasteiger partial charge in [0.25, 0.3) is 0 Å². The third-order valence-corrected chi connectivity index (χ3v) is 3.72. The van der Waals surface area contributed by atoms with Crippen molar-refractivity contribution < 1.29 is 9.59 Å². The molecule has 0 unspecified atom stereocenters. The van der Waals surface area contributed by atoms with E-state index in [1.165, 1.54) is 6.92 Å². The zero-order valence-corrected chi connectivity index (χ0v) is 13.9. The first-order valence-corrected chi connectivity index (χ1v) is 8.01. The van der Waals surface area contributed by atoms with E-state index in [0.29, 0.717) is 0 Å². The summed E-state index contributed by atoms with van der Waals surface area (Å²) in [5.74, 6) is -0.238. The van der Waals surface area contributed by atoms with Crippen LogP contribution >= 0.6 is 0 Å². The van der Waals surface area contributed by atoms with E-state index in [4.69, 9.17) is 0 Å². The molecule has 0 spiro atoms. The van der Waals surface area contributed by atoms with Crippen molar-refractivity contribution in [1.29, 1.82) is 0 Å². The molecule has 126 valence electrons. The monoisotopic (exact) mass is 333 g/mol. The Balaban J connectivity index is 1.60. The molecular weight excluding hydrogens is 314 g/mol. The summed E-state index contributed by atoms with van der Waals surface area (Å²) in [6.07, 6.45) is 0. The molecule has 3 aromatic rings. The Morgan fingerprint density at radius 3 is 2.24 bits per heavy atom. The highest BCUT2D eigenvalue weighted by Crippen LogP contribution is 2.22. The van der Waals surface area contributed by atoms with Crippen LogP contribution in [0, 0.1) is 0 Å². The molecule has 0 atom stereocenters. The predicted molar refractivity (Wildman–Crippen MR) is 102 cm³/mol. The fraction of sp³-hybridized carbons (Fsp3) is 0.100. The SMILES string of the molecule is CC(=O)Nc1ccc(NCC(=O)Nc2cccc3ccccc23)cc1. The maximum absolute atomic E-state index is 12.2. The Bertz CT molecular complexity index is 899. The van der Waals surface area contributed by atoms with Crippen LogP contribution in [-0.4, -0.2) is 18.4 Å². The van der Waals surface area contributed by atoms with E-state index < -0.39 is 0 Å². The number of fused-ring (bicyclic) bond motifs is 1. The number of hydrogen-bond donors (Lipinski definition) is 3. The van der Waals surface area contributed by atoms with Crippen LogP contribution in [-0.2, 0) is 9.59 Å². The van der Waals surface area contributed by atoms with Crippen LogP contribution in [0.4, 0.5) is 17.1 Å². The highest BCUT2D eigenvalue weighted by molar-refractivity contribution is 6.03. The normalized spacial score (nSPS) is 10.3. The smallest absolute Gasteiger partial charge is 0.243 e. The molecule has 0 aliphatic carbocycles. The van der Waals surface area contributed by atoms with Gasteiger partial charge in [-0.2, -0.15) is 0 Å². The third kappa shape index (κ3) is 4.35. The second-order valence-electron chi connectivity index (χ2n) is 5.69. The standard InChI is InChI=1S/C20H19N3O2/c1-14(24)22-17-11-9-16(10-12-17)21-13-20(25)23-19-8-4-6-15-5-2-3-7-18(15)19/h2-12,21H,13H2,1H3,(H,22,24)(H,23,25). The second-order valence-corrected chi connectivity index (χ2v) is 5.69. The Hall–Kier alpha value is -3.34. The van der Waals surface area contributed by atoms with Crippen LogP contribution in [0.3, 0.4) is 0 Å². The zero-order valence-electron chi connectivity index (χ0n) is 13.9. The number of nitrogens with one attached hydrogen (secondary N) is 3. The number of anilines is 3. The maximum Gasteiger partial charge on any atom is 0.243 e. The van der Waals surface area contributed by atoms with Gasteiger partial charge in [-0.25, -0.2) is 0 Å². The lowest BCUT2D eigenvalue weighted by Crippen LogP contribution is -2.21. The van der Waals surface area contributed by atoms with Crippen LogP contribution in [0.2, 0.25) is 0 Å². The van der Waals surface area contributed by atoms with Gasteiger partial charge in [-0.05, 0) is 35.7 Å². The summed E-state index contributed by atoms with van der Waals surface area (Å²) in [6, 6.07) is 21.0. The van der Waals surface area contributed by atoms with Gasteiger partial charge in [-0.3, -0.25) is 9.59 Å². The van der Waals surface area contributed by atoms with Crippen LogP contribution in [0.1, 0.15) is 6.92 Å². The first-order valence-electron chi connectivity index (χ1n) is 8.01. The van der Waals surface area contributed by atoms with E-state index >= 15 is 0 Å². The molecular formula is C20H19N3O2. The van der Waals surface area contributed by atoms with Crippen LogP contribution in [0.15, 0.2) is 66.7 Å². The largest absolute Gasteiger partial charge is 0.376 e. The molecule has 0 aliphatic rings. The minimum absolute atomic E-state index is 0.116. The highest BCUT2D eigenvalue weighted by atomic mass is 16.2. The van der Waals surface area contributed by atoms with Crippen molar-refractivity contribution in [3.05, 3.63) is 66.7 Å². The van der Waals surface area contributed by atoms with Crippen molar-refractivity contribution >= 4 is 39.6 Å².